The Hall–Kier alpha value is -1.43. The minimum absolute atomic E-state index is 0.132. The number of nitrogens with zero attached hydrogens (tertiary/aromatic N) is 1. The summed E-state index contributed by atoms with van der Waals surface area (Å²) in [4.78, 5) is 15.1. The number of pyridine rings is 1. The van der Waals surface area contributed by atoms with Crippen molar-refractivity contribution in [3.05, 3.63) is 17.8 Å². The third-order valence-corrected chi connectivity index (χ3v) is 4.06. The van der Waals surface area contributed by atoms with Crippen molar-refractivity contribution in [1.29, 1.82) is 0 Å². The highest BCUT2D eigenvalue weighted by molar-refractivity contribution is 8.00. The average molecular weight is 253 g/mol. The molecule has 0 saturated carbocycles. The van der Waals surface area contributed by atoms with Gasteiger partial charge in [-0.1, -0.05) is 0 Å². The second-order valence-corrected chi connectivity index (χ2v) is 5.39. The molecule has 0 aliphatic carbocycles. The van der Waals surface area contributed by atoms with Crippen molar-refractivity contribution < 1.29 is 9.90 Å². The molecule has 2 heterocycles. The molecule has 1 aromatic heterocycles. The highest BCUT2D eigenvalue weighted by Gasteiger charge is 2.17. The van der Waals surface area contributed by atoms with E-state index in [1.165, 1.54) is 30.9 Å². The van der Waals surface area contributed by atoms with Crippen molar-refractivity contribution in [2.75, 3.05) is 23.3 Å². The molecule has 1 unspecified atom stereocenters. The van der Waals surface area contributed by atoms with Crippen LogP contribution in [0.1, 0.15) is 23.2 Å². The van der Waals surface area contributed by atoms with Gasteiger partial charge in [-0.3, -0.25) is 0 Å². The van der Waals surface area contributed by atoms with E-state index in [0.717, 1.165) is 6.54 Å². The summed E-state index contributed by atoms with van der Waals surface area (Å²) >= 11 is 1.92. The number of aromatic carboxylic acids is 1. The van der Waals surface area contributed by atoms with Gasteiger partial charge in [0.2, 0.25) is 0 Å². The minimum Gasteiger partial charge on any atom is -0.478 e. The van der Waals surface area contributed by atoms with E-state index in [-0.39, 0.29) is 5.56 Å². The Balaban J connectivity index is 2.06. The van der Waals surface area contributed by atoms with E-state index >= 15 is 0 Å². The van der Waals surface area contributed by atoms with Crippen molar-refractivity contribution in [3.8, 4) is 0 Å². The minimum atomic E-state index is -1.01. The van der Waals surface area contributed by atoms with Gasteiger partial charge in [-0.15, -0.1) is 0 Å². The second kappa shape index (κ2) is 5.27. The topological polar surface area (TPSA) is 88.2 Å². The summed E-state index contributed by atoms with van der Waals surface area (Å²) in [5, 5.41) is 12.7. The molecule has 0 spiro atoms. The van der Waals surface area contributed by atoms with Gasteiger partial charge in [-0.2, -0.15) is 11.8 Å². The molecule has 92 valence electrons. The molecule has 5 nitrogen and oxygen atoms in total. The van der Waals surface area contributed by atoms with Gasteiger partial charge < -0.3 is 16.2 Å². The number of carboxylic acid groups (broad SMARTS) is 1. The molecule has 1 aromatic rings. The third kappa shape index (κ3) is 3.03. The number of nitrogens with one attached hydrogen (secondary N) is 1. The zero-order valence-corrected chi connectivity index (χ0v) is 10.2. The molecule has 0 bridgehead atoms. The van der Waals surface area contributed by atoms with Crippen molar-refractivity contribution in [1.82, 2.24) is 4.98 Å². The normalized spacial score (nSPS) is 19.2. The molecule has 0 amide bonds. The van der Waals surface area contributed by atoms with Crippen LogP contribution < -0.4 is 11.1 Å². The summed E-state index contributed by atoms with van der Waals surface area (Å²) < 4.78 is 0. The van der Waals surface area contributed by atoms with E-state index in [1.807, 2.05) is 11.8 Å². The standard InChI is InChI=1S/C11H15N3O2S/c12-7-4-9(11(15)16)10(13-5-7)14-6-8-2-1-3-17-8/h4-5,8H,1-3,6,12H2,(H,13,14)(H,15,16). The Labute approximate surface area is 104 Å². The number of rotatable bonds is 4. The van der Waals surface area contributed by atoms with Crippen LogP contribution >= 0.6 is 11.8 Å². The van der Waals surface area contributed by atoms with Crippen molar-refractivity contribution in [2.24, 2.45) is 0 Å². The number of hydrogen-bond donors (Lipinski definition) is 3. The molecule has 2 rings (SSSR count). The van der Waals surface area contributed by atoms with Crippen LogP contribution in [0.3, 0.4) is 0 Å². The molecule has 0 radical (unpaired) electrons. The molecule has 0 aromatic carbocycles. The molecular weight excluding hydrogens is 238 g/mol. The first-order valence-corrected chi connectivity index (χ1v) is 6.56. The van der Waals surface area contributed by atoms with E-state index in [9.17, 15) is 4.79 Å². The van der Waals surface area contributed by atoms with Crippen LogP contribution in [0.4, 0.5) is 11.5 Å². The molecule has 1 aliphatic rings. The maximum absolute atomic E-state index is 11.0. The molecule has 6 heteroatoms. The number of nitrogen functional groups attached to an aromatic ring is 1. The molecule has 4 N–H and O–H groups in total. The maximum Gasteiger partial charge on any atom is 0.339 e. The van der Waals surface area contributed by atoms with E-state index in [1.54, 1.807) is 0 Å². The highest BCUT2D eigenvalue weighted by atomic mass is 32.2. The molecule has 1 saturated heterocycles. The van der Waals surface area contributed by atoms with Crippen molar-refractivity contribution in [2.45, 2.75) is 18.1 Å². The lowest BCUT2D eigenvalue weighted by Gasteiger charge is -2.12. The van der Waals surface area contributed by atoms with Gasteiger partial charge in [0.1, 0.15) is 11.4 Å². The van der Waals surface area contributed by atoms with Gasteiger partial charge in [0, 0.05) is 11.8 Å². The summed E-state index contributed by atoms with van der Waals surface area (Å²) in [6, 6.07) is 1.43. The number of aromatic nitrogens is 1. The van der Waals surface area contributed by atoms with Gasteiger partial charge in [0.15, 0.2) is 0 Å². The number of hydrogen-bond acceptors (Lipinski definition) is 5. The lowest BCUT2D eigenvalue weighted by molar-refractivity contribution is 0.0697. The number of carbonyl (C=O) groups is 1. The van der Waals surface area contributed by atoms with Gasteiger partial charge in [0.05, 0.1) is 11.9 Å². The zero-order chi connectivity index (χ0) is 12.3. The maximum atomic E-state index is 11.0. The van der Waals surface area contributed by atoms with Gasteiger partial charge in [-0.05, 0) is 24.7 Å². The Morgan fingerprint density at radius 1 is 1.71 bits per heavy atom. The molecule has 1 fully saturated rings. The first-order chi connectivity index (χ1) is 8.16. The molecule has 17 heavy (non-hydrogen) atoms. The van der Waals surface area contributed by atoms with Crippen molar-refractivity contribution in [3.63, 3.8) is 0 Å². The van der Waals surface area contributed by atoms with Crippen LogP contribution in [-0.4, -0.2) is 33.6 Å². The predicted octanol–water partition coefficient (Wildman–Crippen LogP) is 1.67. The SMILES string of the molecule is Nc1cnc(NCC2CCCS2)c(C(=O)O)c1. The summed E-state index contributed by atoms with van der Waals surface area (Å²) in [5.74, 6) is 0.582. The van der Waals surface area contributed by atoms with Crippen LogP contribution in [0, 0.1) is 0 Å². The molecule has 1 atom stereocenters. The number of nitrogens with two attached hydrogens (primary N) is 1. The smallest absolute Gasteiger partial charge is 0.339 e. The van der Waals surface area contributed by atoms with Crippen molar-refractivity contribution >= 4 is 29.2 Å². The summed E-state index contributed by atoms with van der Waals surface area (Å²) in [7, 11) is 0. The van der Waals surface area contributed by atoms with Gasteiger partial charge >= 0.3 is 5.97 Å². The Kier molecular flexibility index (Phi) is 3.73. The van der Waals surface area contributed by atoms with Crippen LogP contribution in [0.25, 0.3) is 0 Å². The Bertz CT molecular complexity index is 419. The fraction of sp³-hybridized carbons (Fsp3) is 0.455. The number of carboxylic acids is 1. The van der Waals surface area contributed by atoms with Crippen LogP contribution in [0.15, 0.2) is 12.3 Å². The fourth-order valence-corrected chi connectivity index (χ4v) is 3.00. The van der Waals surface area contributed by atoms with E-state index in [2.05, 4.69) is 10.3 Å². The van der Waals surface area contributed by atoms with E-state index < -0.39 is 5.97 Å². The second-order valence-electron chi connectivity index (χ2n) is 3.99. The largest absolute Gasteiger partial charge is 0.478 e. The lowest BCUT2D eigenvalue weighted by atomic mass is 10.2. The molecule has 1 aliphatic heterocycles. The van der Waals surface area contributed by atoms with Crippen LogP contribution in [0.5, 0.6) is 0 Å². The first kappa shape index (κ1) is 12.0. The molecular formula is C11H15N3O2S. The van der Waals surface area contributed by atoms with E-state index in [0.29, 0.717) is 16.8 Å². The first-order valence-electron chi connectivity index (χ1n) is 5.51. The quantitative estimate of drug-likeness (QED) is 0.756. The number of anilines is 2. The fourth-order valence-electron chi connectivity index (χ4n) is 1.80. The predicted molar refractivity (Wildman–Crippen MR) is 69.6 cm³/mol. The van der Waals surface area contributed by atoms with Gasteiger partial charge in [0.25, 0.3) is 0 Å². The average Bonchev–Trinajstić information content (AvgIpc) is 2.80. The summed E-state index contributed by atoms with van der Waals surface area (Å²) in [6.07, 6.45) is 3.88. The van der Waals surface area contributed by atoms with Crippen LogP contribution in [0.2, 0.25) is 0 Å². The van der Waals surface area contributed by atoms with E-state index in [4.69, 9.17) is 10.8 Å². The monoisotopic (exact) mass is 253 g/mol. The third-order valence-electron chi connectivity index (χ3n) is 2.66. The summed E-state index contributed by atoms with van der Waals surface area (Å²) in [6.45, 7) is 0.752. The highest BCUT2D eigenvalue weighted by Crippen LogP contribution is 2.26. The summed E-state index contributed by atoms with van der Waals surface area (Å²) in [5.41, 5.74) is 6.02. The van der Waals surface area contributed by atoms with Crippen LogP contribution in [-0.2, 0) is 0 Å². The number of thioether (sulfide) groups is 1. The lowest BCUT2D eigenvalue weighted by Crippen LogP contribution is -2.17. The Morgan fingerprint density at radius 3 is 3.18 bits per heavy atom. The Morgan fingerprint density at radius 2 is 2.53 bits per heavy atom. The van der Waals surface area contributed by atoms with Gasteiger partial charge in [-0.25, -0.2) is 9.78 Å². The zero-order valence-electron chi connectivity index (χ0n) is 9.35.